The summed E-state index contributed by atoms with van der Waals surface area (Å²) < 4.78 is 0. The van der Waals surface area contributed by atoms with Crippen LogP contribution in [-0.2, 0) is 6.42 Å². The van der Waals surface area contributed by atoms with Gasteiger partial charge in [0.2, 0.25) is 0 Å². The Labute approximate surface area is 188 Å². The average Bonchev–Trinajstić information content (AvgIpc) is 2.99. The van der Waals surface area contributed by atoms with Gasteiger partial charge in [0, 0.05) is 0 Å². The molecule has 0 saturated carbocycles. The molecule has 0 saturated heterocycles. The van der Waals surface area contributed by atoms with Crippen molar-refractivity contribution in [2.45, 2.75) is 129 Å². The SMILES string of the molecule is CCCCCCCCCCCCCCCCCc1ccc2ccc(C(C)C)ccc1-2. The molecule has 0 fully saturated rings. The van der Waals surface area contributed by atoms with Crippen molar-refractivity contribution in [3.05, 3.63) is 47.5 Å². The van der Waals surface area contributed by atoms with Crippen molar-refractivity contribution in [3.8, 4) is 11.1 Å². The predicted octanol–water partition coefficient (Wildman–Crippen LogP) is 10.3. The second-order valence-electron chi connectivity index (χ2n) is 9.75. The molecule has 0 heterocycles. The summed E-state index contributed by atoms with van der Waals surface area (Å²) in [5, 5.41) is 0. The van der Waals surface area contributed by atoms with Crippen molar-refractivity contribution < 1.29 is 0 Å². The highest BCUT2D eigenvalue weighted by molar-refractivity contribution is 5.70. The molecular weight excluding hydrogens is 360 g/mol. The highest BCUT2D eigenvalue weighted by atomic mass is 14.1. The Hall–Kier alpha value is -1.30. The summed E-state index contributed by atoms with van der Waals surface area (Å²) in [6.07, 6.45) is 22.8. The van der Waals surface area contributed by atoms with Crippen LogP contribution in [0.25, 0.3) is 11.1 Å². The lowest BCUT2D eigenvalue weighted by atomic mass is 10.0. The van der Waals surface area contributed by atoms with E-state index < -0.39 is 0 Å². The maximum absolute atomic E-state index is 2.35. The third-order valence-electron chi connectivity index (χ3n) is 6.74. The van der Waals surface area contributed by atoms with Gasteiger partial charge in [0.05, 0.1) is 0 Å². The largest absolute Gasteiger partial charge is 0.0654 e. The quantitative estimate of drug-likeness (QED) is 0.228. The van der Waals surface area contributed by atoms with Gasteiger partial charge in [-0.1, -0.05) is 147 Å². The number of hydrogen-bond acceptors (Lipinski definition) is 0. The first-order valence-corrected chi connectivity index (χ1v) is 13.2. The van der Waals surface area contributed by atoms with E-state index >= 15 is 0 Å². The monoisotopic (exact) mass is 408 g/mol. The average molecular weight is 409 g/mol. The maximum Gasteiger partial charge on any atom is -0.0152 e. The van der Waals surface area contributed by atoms with Gasteiger partial charge in [-0.2, -0.15) is 0 Å². The second kappa shape index (κ2) is 15.5. The molecule has 168 valence electrons. The van der Waals surface area contributed by atoms with Gasteiger partial charge >= 0.3 is 0 Å². The Bertz CT molecular complexity index is 639. The zero-order valence-corrected chi connectivity index (χ0v) is 20.4. The number of hydrogen-bond donors (Lipinski definition) is 0. The van der Waals surface area contributed by atoms with Gasteiger partial charge in [-0.3, -0.25) is 0 Å². The maximum atomic E-state index is 2.35. The summed E-state index contributed by atoms with van der Waals surface area (Å²) in [5.74, 6) is 0.598. The number of unbranched alkanes of at least 4 members (excludes halogenated alkanes) is 14. The minimum atomic E-state index is 0.598. The van der Waals surface area contributed by atoms with Crippen LogP contribution in [-0.4, -0.2) is 0 Å². The highest BCUT2D eigenvalue weighted by Gasteiger charge is 2.08. The molecule has 0 nitrogen and oxygen atoms in total. The van der Waals surface area contributed by atoms with Crippen LogP contribution < -0.4 is 0 Å². The van der Waals surface area contributed by atoms with Crippen LogP contribution in [0.4, 0.5) is 0 Å². The minimum Gasteiger partial charge on any atom is -0.0654 e. The second-order valence-corrected chi connectivity index (χ2v) is 9.75. The van der Waals surface area contributed by atoms with Gasteiger partial charge in [-0.05, 0) is 41.0 Å². The first-order chi connectivity index (χ1) is 14.7. The topological polar surface area (TPSA) is 0 Å². The van der Waals surface area contributed by atoms with Crippen LogP contribution in [0.1, 0.15) is 134 Å². The lowest BCUT2D eigenvalue weighted by Crippen LogP contribution is -1.86. The molecule has 0 amide bonds. The Balaban J connectivity index is 1.48. The van der Waals surface area contributed by atoms with E-state index in [4.69, 9.17) is 0 Å². The number of aryl methyl sites for hydroxylation is 1. The zero-order valence-electron chi connectivity index (χ0n) is 20.4. The van der Waals surface area contributed by atoms with E-state index in [2.05, 4.69) is 57.2 Å². The Kier molecular flexibility index (Phi) is 12.9. The van der Waals surface area contributed by atoms with Crippen LogP contribution in [0.3, 0.4) is 0 Å². The molecule has 0 heteroatoms. The smallest absolute Gasteiger partial charge is 0.0152 e. The fourth-order valence-corrected chi connectivity index (χ4v) is 4.61. The molecule has 0 aromatic carbocycles. The lowest BCUT2D eigenvalue weighted by Gasteiger charge is -2.04. The summed E-state index contributed by atoms with van der Waals surface area (Å²) in [6.45, 7) is 6.85. The molecule has 30 heavy (non-hydrogen) atoms. The molecule has 0 aliphatic heterocycles. The van der Waals surface area contributed by atoms with Gasteiger partial charge < -0.3 is 0 Å². The molecule has 0 bridgehead atoms. The van der Waals surface area contributed by atoms with E-state index in [-0.39, 0.29) is 0 Å². The van der Waals surface area contributed by atoms with Gasteiger partial charge in [-0.25, -0.2) is 0 Å². The first-order valence-electron chi connectivity index (χ1n) is 13.2. The van der Waals surface area contributed by atoms with E-state index in [1.54, 1.807) is 5.56 Å². The van der Waals surface area contributed by atoms with E-state index in [0.717, 1.165) is 0 Å². The van der Waals surface area contributed by atoms with Crippen molar-refractivity contribution in [1.82, 2.24) is 0 Å². The Morgan fingerprint density at radius 1 is 0.533 bits per heavy atom. The van der Waals surface area contributed by atoms with Crippen LogP contribution in [0.5, 0.6) is 0 Å². The molecule has 0 unspecified atom stereocenters. The number of fused-ring (bicyclic) bond motifs is 1. The van der Waals surface area contributed by atoms with Gasteiger partial charge in [0.15, 0.2) is 0 Å². The summed E-state index contributed by atoms with van der Waals surface area (Å²) in [4.78, 5) is 0. The molecule has 2 aliphatic rings. The van der Waals surface area contributed by atoms with Crippen molar-refractivity contribution in [3.63, 3.8) is 0 Å². The van der Waals surface area contributed by atoms with E-state index in [1.807, 2.05) is 0 Å². The summed E-state index contributed by atoms with van der Waals surface area (Å²) in [5.41, 5.74) is 5.85. The van der Waals surface area contributed by atoms with Crippen LogP contribution >= 0.6 is 0 Å². The highest BCUT2D eigenvalue weighted by Crippen LogP contribution is 2.30. The predicted molar refractivity (Wildman–Crippen MR) is 136 cm³/mol. The molecule has 2 aliphatic carbocycles. The normalized spacial score (nSPS) is 11.6. The molecule has 0 atom stereocenters. The minimum absolute atomic E-state index is 0.598. The molecule has 0 spiro atoms. The standard InChI is InChI=1S/C30H48/c1-4-5-6-7-8-9-10-11-12-13-14-15-16-17-18-19-28-22-23-29-21-20-27(26(2)3)24-25-30(28)29/h20-26H,4-19H2,1-3H3. The Morgan fingerprint density at radius 2 is 1.00 bits per heavy atom. The van der Waals surface area contributed by atoms with E-state index in [1.165, 1.54) is 119 Å². The molecule has 0 aromatic heterocycles. The third kappa shape index (κ3) is 9.67. The molecule has 0 aromatic rings. The van der Waals surface area contributed by atoms with Gasteiger partial charge in [-0.15, -0.1) is 0 Å². The summed E-state index contributed by atoms with van der Waals surface area (Å²) >= 11 is 0. The Morgan fingerprint density at radius 3 is 1.53 bits per heavy atom. The molecule has 2 rings (SSSR count). The van der Waals surface area contributed by atoms with Crippen molar-refractivity contribution >= 4 is 0 Å². The third-order valence-corrected chi connectivity index (χ3v) is 6.74. The van der Waals surface area contributed by atoms with Crippen LogP contribution in [0.15, 0.2) is 36.4 Å². The molecular formula is C30H48. The first kappa shape index (κ1) is 25.0. The lowest BCUT2D eigenvalue weighted by molar-refractivity contribution is 0.532. The van der Waals surface area contributed by atoms with E-state index in [0.29, 0.717) is 5.92 Å². The van der Waals surface area contributed by atoms with Crippen molar-refractivity contribution in [1.29, 1.82) is 0 Å². The fraction of sp³-hybridized carbons (Fsp3) is 0.667. The molecule has 0 radical (unpaired) electrons. The van der Waals surface area contributed by atoms with Crippen LogP contribution in [0.2, 0.25) is 0 Å². The van der Waals surface area contributed by atoms with Gasteiger partial charge in [0.25, 0.3) is 0 Å². The van der Waals surface area contributed by atoms with Crippen molar-refractivity contribution in [2.24, 2.45) is 0 Å². The fourth-order valence-electron chi connectivity index (χ4n) is 4.61. The summed E-state index contributed by atoms with van der Waals surface area (Å²) in [6, 6.07) is 13.9. The number of rotatable bonds is 17. The van der Waals surface area contributed by atoms with Gasteiger partial charge in [0.1, 0.15) is 0 Å². The van der Waals surface area contributed by atoms with E-state index in [9.17, 15) is 0 Å². The molecule has 0 N–H and O–H groups in total. The van der Waals surface area contributed by atoms with Crippen molar-refractivity contribution in [2.75, 3.05) is 0 Å². The zero-order chi connectivity index (χ0) is 21.4. The summed E-state index contributed by atoms with van der Waals surface area (Å²) in [7, 11) is 0. The van der Waals surface area contributed by atoms with Crippen LogP contribution in [0, 0.1) is 0 Å².